The van der Waals surface area contributed by atoms with Crippen LogP contribution < -0.4 is 16.4 Å². The SMILES string of the molecule is CC.NC1=CC(=O)NC(C(F)(F)F)N1. The minimum atomic E-state index is -4.53. The van der Waals surface area contributed by atoms with Crippen molar-refractivity contribution in [2.75, 3.05) is 0 Å². The molecule has 1 rings (SSSR count). The third kappa shape index (κ3) is 3.55. The number of hydrogen-bond acceptors (Lipinski definition) is 3. The summed E-state index contributed by atoms with van der Waals surface area (Å²) < 4.78 is 35.8. The highest BCUT2D eigenvalue weighted by Gasteiger charge is 2.42. The van der Waals surface area contributed by atoms with Crippen LogP contribution in [-0.4, -0.2) is 18.2 Å². The number of carbonyl (C=O) groups is 1. The number of halogens is 3. The molecule has 1 heterocycles. The molecule has 14 heavy (non-hydrogen) atoms. The summed E-state index contributed by atoms with van der Waals surface area (Å²) in [5.41, 5.74) is 5.00. The Bertz CT molecular complexity index is 237. The number of hydrogen-bond donors (Lipinski definition) is 3. The summed E-state index contributed by atoms with van der Waals surface area (Å²) in [6, 6.07) is 0. The largest absolute Gasteiger partial charge is 0.427 e. The summed E-state index contributed by atoms with van der Waals surface area (Å²) in [7, 11) is 0. The first-order valence-corrected chi connectivity index (χ1v) is 4.00. The Morgan fingerprint density at radius 1 is 1.36 bits per heavy atom. The number of carbonyl (C=O) groups excluding carboxylic acids is 1. The Morgan fingerprint density at radius 3 is 2.21 bits per heavy atom. The molecule has 4 N–H and O–H groups in total. The van der Waals surface area contributed by atoms with E-state index in [1.807, 2.05) is 19.2 Å². The Balaban J connectivity index is 0.000000791. The third-order valence-electron chi connectivity index (χ3n) is 1.21. The Labute approximate surface area is 79.3 Å². The molecule has 0 bridgehead atoms. The number of alkyl halides is 3. The summed E-state index contributed by atoms with van der Waals surface area (Å²) in [6.07, 6.45) is -5.77. The van der Waals surface area contributed by atoms with Gasteiger partial charge < -0.3 is 16.4 Å². The van der Waals surface area contributed by atoms with E-state index in [9.17, 15) is 18.0 Å². The van der Waals surface area contributed by atoms with Gasteiger partial charge in [-0.15, -0.1) is 0 Å². The standard InChI is InChI=1S/C5H6F3N3O.C2H6/c6-5(7,8)4-10-2(9)1-3(12)11-4;1-2/h1,4,10H,9H2,(H,11,12);1-2H3. The van der Waals surface area contributed by atoms with Crippen LogP contribution in [0, 0.1) is 0 Å². The van der Waals surface area contributed by atoms with Gasteiger partial charge in [-0.3, -0.25) is 4.79 Å². The molecule has 0 aromatic rings. The van der Waals surface area contributed by atoms with Crippen LogP contribution in [-0.2, 0) is 4.79 Å². The molecule has 0 spiro atoms. The summed E-state index contributed by atoms with van der Waals surface area (Å²) in [6.45, 7) is 4.00. The van der Waals surface area contributed by atoms with E-state index in [-0.39, 0.29) is 5.82 Å². The minimum Gasteiger partial charge on any atom is -0.385 e. The zero-order valence-corrected chi connectivity index (χ0v) is 7.77. The fourth-order valence-corrected chi connectivity index (χ4v) is 0.733. The summed E-state index contributed by atoms with van der Waals surface area (Å²) in [4.78, 5) is 10.5. The Kier molecular flexibility index (Phi) is 4.26. The van der Waals surface area contributed by atoms with E-state index in [0.717, 1.165) is 6.08 Å². The highest BCUT2D eigenvalue weighted by molar-refractivity contribution is 5.89. The van der Waals surface area contributed by atoms with E-state index in [4.69, 9.17) is 5.73 Å². The molecule has 0 radical (unpaired) electrons. The van der Waals surface area contributed by atoms with E-state index in [1.165, 1.54) is 0 Å². The quantitative estimate of drug-likeness (QED) is 0.544. The fourth-order valence-electron chi connectivity index (χ4n) is 0.733. The first kappa shape index (κ1) is 12.6. The van der Waals surface area contributed by atoms with E-state index in [2.05, 4.69) is 0 Å². The normalized spacial score (nSPS) is 21.1. The first-order valence-electron chi connectivity index (χ1n) is 4.00. The molecule has 0 aromatic heterocycles. The molecule has 7 heteroatoms. The van der Waals surface area contributed by atoms with Crippen molar-refractivity contribution in [2.24, 2.45) is 5.73 Å². The topological polar surface area (TPSA) is 67.2 Å². The van der Waals surface area contributed by atoms with Gasteiger partial charge >= 0.3 is 6.18 Å². The predicted molar refractivity (Wildman–Crippen MR) is 44.7 cm³/mol. The van der Waals surface area contributed by atoms with Crippen LogP contribution in [0.15, 0.2) is 11.9 Å². The first-order chi connectivity index (χ1) is 6.39. The summed E-state index contributed by atoms with van der Waals surface area (Å²) in [5, 5.41) is 3.52. The molecule has 82 valence electrons. The van der Waals surface area contributed by atoms with Gasteiger partial charge in [0.25, 0.3) is 0 Å². The number of rotatable bonds is 0. The number of amides is 1. The molecule has 1 aliphatic heterocycles. The average molecular weight is 211 g/mol. The molecular formula is C7H12F3N3O. The number of nitrogens with one attached hydrogen (secondary N) is 2. The van der Waals surface area contributed by atoms with Crippen molar-refractivity contribution >= 4 is 5.91 Å². The highest BCUT2D eigenvalue weighted by Crippen LogP contribution is 2.19. The van der Waals surface area contributed by atoms with E-state index in [1.54, 1.807) is 5.32 Å². The summed E-state index contributed by atoms with van der Waals surface area (Å²) in [5.74, 6) is -1.14. The van der Waals surface area contributed by atoms with E-state index >= 15 is 0 Å². The van der Waals surface area contributed by atoms with Crippen molar-refractivity contribution in [3.63, 3.8) is 0 Å². The van der Waals surface area contributed by atoms with Crippen molar-refractivity contribution in [3.8, 4) is 0 Å². The fraction of sp³-hybridized carbons (Fsp3) is 0.571. The lowest BCUT2D eigenvalue weighted by atomic mass is 10.3. The molecule has 0 aliphatic carbocycles. The van der Waals surface area contributed by atoms with Crippen molar-refractivity contribution in [3.05, 3.63) is 11.9 Å². The Hall–Kier alpha value is -1.40. The molecule has 0 aromatic carbocycles. The molecule has 1 atom stereocenters. The lowest BCUT2D eigenvalue weighted by Gasteiger charge is -2.26. The second kappa shape index (κ2) is 4.73. The van der Waals surface area contributed by atoms with Crippen molar-refractivity contribution < 1.29 is 18.0 Å². The van der Waals surface area contributed by atoms with E-state index < -0.39 is 18.2 Å². The van der Waals surface area contributed by atoms with E-state index in [0.29, 0.717) is 0 Å². The van der Waals surface area contributed by atoms with Crippen molar-refractivity contribution in [2.45, 2.75) is 26.2 Å². The van der Waals surface area contributed by atoms with Gasteiger partial charge in [0.05, 0.1) is 0 Å². The zero-order valence-electron chi connectivity index (χ0n) is 7.77. The van der Waals surface area contributed by atoms with Crippen LogP contribution in [0.2, 0.25) is 0 Å². The van der Waals surface area contributed by atoms with Gasteiger partial charge in [0.2, 0.25) is 5.91 Å². The smallest absolute Gasteiger partial charge is 0.385 e. The average Bonchev–Trinajstić information content (AvgIpc) is 2.04. The van der Waals surface area contributed by atoms with Crippen LogP contribution in [0.5, 0.6) is 0 Å². The summed E-state index contributed by atoms with van der Waals surface area (Å²) >= 11 is 0. The van der Waals surface area contributed by atoms with Gasteiger partial charge in [-0.05, 0) is 0 Å². The predicted octanol–water partition coefficient (Wildman–Crippen LogP) is 0.420. The van der Waals surface area contributed by atoms with Gasteiger partial charge in [0.15, 0.2) is 6.17 Å². The second-order valence-corrected chi connectivity index (χ2v) is 2.23. The van der Waals surface area contributed by atoms with Gasteiger partial charge in [-0.25, -0.2) is 0 Å². The lowest BCUT2D eigenvalue weighted by molar-refractivity contribution is -0.166. The van der Waals surface area contributed by atoms with Crippen LogP contribution >= 0.6 is 0 Å². The maximum absolute atomic E-state index is 11.9. The second-order valence-electron chi connectivity index (χ2n) is 2.23. The van der Waals surface area contributed by atoms with Gasteiger partial charge in [-0.1, -0.05) is 13.8 Å². The molecule has 0 saturated carbocycles. The van der Waals surface area contributed by atoms with Crippen LogP contribution in [0.4, 0.5) is 13.2 Å². The van der Waals surface area contributed by atoms with Crippen molar-refractivity contribution in [1.29, 1.82) is 0 Å². The molecule has 1 unspecified atom stereocenters. The van der Waals surface area contributed by atoms with Gasteiger partial charge in [0, 0.05) is 6.08 Å². The zero-order chi connectivity index (χ0) is 11.4. The maximum Gasteiger partial charge on any atom is 0.427 e. The molecule has 4 nitrogen and oxygen atoms in total. The molecule has 1 aliphatic rings. The third-order valence-corrected chi connectivity index (χ3v) is 1.21. The Morgan fingerprint density at radius 2 is 1.86 bits per heavy atom. The molecular weight excluding hydrogens is 199 g/mol. The lowest BCUT2D eigenvalue weighted by Crippen LogP contribution is -2.57. The number of nitrogens with two attached hydrogens (primary N) is 1. The van der Waals surface area contributed by atoms with Gasteiger partial charge in [-0.2, -0.15) is 13.2 Å². The molecule has 0 saturated heterocycles. The van der Waals surface area contributed by atoms with Gasteiger partial charge in [0.1, 0.15) is 5.82 Å². The molecule has 0 fully saturated rings. The minimum absolute atomic E-state index is 0.291. The maximum atomic E-state index is 11.9. The molecule has 1 amide bonds. The monoisotopic (exact) mass is 211 g/mol. The highest BCUT2D eigenvalue weighted by atomic mass is 19.4. The van der Waals surface area contributed by atoms with Crippen molar-refractivity contribution in [1.82, 2.24) is 10.6 Å². The van der Waals surface area contributed by atoms with Crippen LogP contribution in [0.3, 0.4) is 0 Å². The van der Waals surface area contributed by atoms with Crippen LogP contribution in [0.25, 0.3) is 0 Å². The van der Waals surface area contributed by atoms with Crippen LogP contribution in [0.1, 0.15) is 13.8 Å².